The van der Waals surface area contributed by atoms with Crippen LogP contribution in [-0.4, -0.2) is 5.97 Å². The van der Waals surface area contributed by atoms with Crippen LogP contribution in [0.15, 0.2) is 74.4 Å². The fraction of sp³-hybridized carbons (Fsp3) is 0.292. The lowest BCUT2D eigenvalue weighted by Crippen LogP contribution is -2.47. The molecule has 0 bridgehead atoms. The molecular formula is C24H20Br2O2. The normalized spacial score (nSPS) is 24.3. The Bertz CT molecular complexity index is 996. The maximum atomic E-state index is 13.1. The summed E-state index contributed by atoms with van der Waals surface area (Å²) in [7, 11) is 0. The maximum Gasteiger partial charge on any atom is 0.318 e. The van der Waals surface area contributed by atoms with Crippen molar-refractivity contribution in [1.29, 1.82) is 0 Å². The van der Waals surface area contributed by atoms with Crippen LogP contribution in [0.1, 0.15) is 49.1 Å². The lowest BCUT2D eigenvalue weighted by atomic mass is 9.56. The summed E-state index contributed by atoms with van der Waals surface area (Å²) >= 11 is 7.02. The van der Waals surface area contributed by atoms with Crippen molar-refractivity contribution >= 4 is 43.9 Å². The second-order valence-corrected chi connectivity index (χ2v) is 9.79. The summed E-state index contributed by atoms with van der Waals surface area (Å²) in [6, 6.07) is 16.7. The molecule has 0 amide bonds. The summed E-state index contributed by atoms with van der Waals surface area (Å²) in [6.45, 7) is 0. The highest BCUT2D eigenvalue weighted by molar-refractivity contribution is 9.10. The van der Waals surface area contributed by atoms with E-state index in [0.717, 1.165) is 57.9 Å². The first-order valence-electron chi connectivity index (χ1n) is 9.74. The maximum absolute atomic E-state index is 13.1. The van der Waals surface area contributed by atoms with Gasteiger partial charge in [0, 0.05) is 14.9 Å². The molecule has 2 aromatic rings. The molecule has 2 nitrogen and oxygen atoms in total. The Morgan fingerprint density at radius 2 is 1.57 bits per heavy atom. The lowest BCUT2D eigenvalue weighted by molar-refractivity contribution is -0.160. The molecule has 0 saturated heterocycles. The Hall–Kier alpha value is -1.65. The first-order chi connectivity index (χ1) is 13.6. The number of rotatable bonds is 2. The molecule has 2 aliphatic carbocycles. The van der Waals surface area contributed by atoms with Crippen LogP contribution in [0.3, 0.4) is 0 Å². The molecule has 1 unspecified atom stereocenters. The number of carbonyl (C=O) groups is 1. The number of benzene rings is 2. The van der Waals surface area contributed by atoms with E-state index in [9.17, 15) is 4.79 Å². The van der Waals surface area contributed by atoms with Gasteiger partial charge in [-0.2, -0.15) is 0 Å². The second kappa shape index (κ2) is 7.00. The van der Waals surface area contributed by atoms with Gasteiger partial charge in [-0.25, -0.2) is 0 Å². The Morgan fingerprint density at radius 3 is 2.18 bits per heavy atom. The first kappa shape index (κ1) is 18.4. The van der Waals surface area contributed by atoms with Gasteiger partial charge in [-0.15, -0.1) is 0 Å². The third-order valence-corrected chi connectivity index (χ3v) is 7.47. The van der Waals surface area contributed by atoms with E-state index in [1.807, 2.05) is 12.1 Å². The number of esters is 1. The van der Waals surface area contributed by atoms with Gasteiger partial charge in [0.1, 0.15) is 5.76 Å². The number of halogens is 2. The molecule has 0 aromatic heterocycles. The van der Waals surface area contributed by atoms with Crippen molar-refractivity contribution in [3.8, 4) is 0 Å². The van der Waals surface area contributed by atoms with Crippen molar-refractivity contribution < 1.29 is 9.53 Å². The zero-order valence-electron chi connectivity index (χ0n) is 15.4. The van der Waals surface area contributed by atoms with Gasteiger partial charge in [0.15, 0.2) is 0 Å². The molecular weight excluding hydrogens is 480 g/mol. The molecule has 0 radical (unpaired) electrons. The van der Waals surface area contributed by atoms with E-state index in [0.29, 0.717) is 0 Å². The van der Waals surface area contributed by atoms with E-state index in [1.54, 1.807) is 0 Å². The first-order valence-corrected chi connectivity index (χ1v) is 11.3. The van der Waals surface area contributed by atoms with E-state index in [-0.39, 0.29) is 17.3 Å². The van der Waals surface area contributed by atoms with Gasteiger partial charge < -0.3 is 4.74 Å². The van der Waals surface area contributed by atoms with Crippen LogP contribution in [0.2, 0.25) is 0 Å². The predicted molar refractivity (Wildman–Crippen MR) is 118 cm³/mol. The zero-order chi connectivity index (χ0) is 19.3. The van der Waals surface area contributed by atoms with Crippen molar-refractivity contribution in [2.24, 2.45) is 5.41 Å². The van der Waals surface area contributed by atoms with Crippen molar-refractivity contribution in [1.82, 2.24) is 0 Å². The van der Waals surface area contributed by atoms with E-state index >= 15 is 0 Å². The zero-order valence-corrected chi connectivity index (χ0v) is 18.6. The van der Waals surface area contributed by atoms with Gasteiger partial charge in [0.25, 0.3) is 0 Å². The number of ether oxygens (including phenoxy) is 1. The van der Waals surface area contributed by atoms with E-state index in [4.69, 9.17) is 4.74 Å². The highest BCUT2D eigenvalue weighted by Gasteiger charge is 2.57. The average Bonchev–Trinajstić information content (AvgIpc) is 3.04. The van der Waals surface area contributed by atoms with E-state index < -0.39 is 0 Å². The summed E-state index contributed by atoms with van der Waals surface area (Å²) in [5.74, 6) is 0.939. The fourth-order valence-electron chi connectivity index (χ4n) is 4.88. The molecule has 28 heavy (non-hydrogen) atoms. The molecule has 0 N–H and O–H groups in total. The van der Waals surface area contributed by atoms with Gasteiger partial charge in [-0.05, 0) is 78.3 Å². The van der Waals surface area contributed by atoms with Crippen LogP contribution in [0, 0.1) is 5.41 Å². The smallest absolute Gasteiger partial charge is 0.318 e. The third kappa shape index (κ3) is 2.93. The van der Waals surface area contributed by atoms with Gasteiger partial charge in [0.05, 0.1) is 5.41 Å². The topological polar surface area (TPSA) is 26.3 Å². The van der Waals surface area contributed by atoms with E-state index in [2.05, 4.69) is 74.3 Å². The SMILES string of the molecule is O=C1OC2=C(CCC2=Cc2ccc(Br)cc2)C(c2ccc(Br)cc2)C12CCC2. The number of allylic oxidation sites excluding steroid dienone is 2. The molecule has 2 aromatic carbocycles. The summed E-state index contributed by atoms with van der Waals surface area (Å²) in [5, 5.41) is 0. The van der Waals surface area contributed by atoms with Crippen LogP contribution < -0.4 is 0 Å². The highest BCUT2D eigenvalue weighted by atomic mass is 79.9. The second-order valence-electron chi connectivity index (χ2n) is 7.96. The van der Waals surface area contributed by atoms with Crippen molar-refractivity contribution in [3.05, 3.63) is 85.5 Å². The quantitative estimate of drug-likeness (QED) is 0.410. The van der Waals surface area contributed by atoms with Crippen molar-refractivity contribution in [3.63, 3.8) is 0 Å². The molecule has 1 fully saturated rings. The van der Waals surface area contributed by atoms with Crippen LogP contribution in [-0.2, 0) is 9.53 Å². The molecule has 1 aliphatic heterocycles. The monoisotopic (exact) mass is 498 g/mol. The third-order valence-electron chi connectivity index (χ3n) is 6.41. The minimum atomic E-state index is -0.361. The van der Waals surface area contributed by atoms with Gasteiger partial charge in [0.2, 0.25) is 0 Å². The van der Waals surface area contributed by atoms with Crippen molar-refractivity contribution in [2.45, 2.75) is 38.0 Å². The molecule has 5 rings (SSSR count). The van der Waals surface area contributed by atoms with Crippen LogP contribution in [0.5, 0.6) is 0 Å². The van der Waals surface area contributed by atoms with Crippen LogP contribution >= 0.6 is 31.9 Å². The summed E-state index contributed by atoms with van der Waals surface area (Å²) < 4.78 is 8.13. The largest absolute Gasteiger partial charge is 0.426 e. The van der Waals surface area contributed by atoms with Crippen molar-refractivity contribution in [2.75, 3.05) is 0 Å². The predicted octanol–water partition coefficient (Wildman–Crippen LogP) is 7.15. The van der Waals surface area contributed by atoms with Crippen LogP contribution in [0.4, 0.5) is 0 Å². The minimum absolute atomic E-state index is 0.0333. The van der Waals surface area contributed by atoms with Crippen LogP contribution in [0.25, 0.3) is 6.08 Å². The Balaban J connectivity index is 1.60. The molecule has 1 saturated carbocycles. The molecule has 1 heterocycles. The Labute approximate surface area is 181 Å². The number of carbonyl (C=O) groups excluding carboxylic acids is 1. The molecule has 4 heteroatoms. The average molecular weight is 500 g/mol. The molecule has 3 aliphatic rings. The Morgan fingerprint density at radius 1 is 0.929 bits per heavy atom. The lowest BCUT2D eigenvalue weighted by Gasteiger charge is -2.48. The number of hydrogen-bond acceptors (Lipinski definition) is 2. The van der Waals surface area contributed by atoms with Gasteiger partial charge in [-0.3, -0.25) is 4.79 Å². The minimum Gasteiger partial charge on any atom is -0.426 e. The standard InChI is InChI=1S/C24H20Br2O2/c25-18-7-2-15(3-8-18)14-17-6-11-20-21(16-4-9-19(26)10-5-16)24(12-1-13-24)23(27)28-22(17)20/h2-5,7-10,14,21H,1,6,11-13H2. The summed E-state index contributed by atoms with van der Waals surface area (Å²) in [4.78, 5) is 13.1. The number of hydrogen-bond donors (Lipinski definition) is 0. The van der Waals surface area contributed by atoms with Gasteiger partial charge in [-0.1, -0.05) is 62.5 Å². The summed E-state index contributed by atoms with van der Waals surface area (Å²) in [5.41, 5.74) is 4.45. The van der Waals surface area contributed by atoms with E-state index in [1.165, 1.54) is 11.1 Å². The molecule has 1 spiro atoms. The highest BCUT2D eigenvalue weighted by Crippen LogP contribution is 2.61. The Kier molecular flexibility index (Phi) is 4.59. The molecule has 1 atom stereocenters. The molecule has 142 valence electrons. The fourth-order valence-corrected chi connectivity index (χ4v) is 5.41. The summed E-state index contributed by atoms with van der Waals surface area (Å²) in [6.07, 6.45) is 7.01. The van der Waals surface area contributed by atoms with Gasteiger partial charge >= 0.3 is 5.97 Å².